The van der Waals surface area contributed by atoms with Crippen molar-refractivity contribution in [3.63, 3.8) is 0 Å². The van der Waals surface area contributed by atoms with Gasteiger partial charge in [-0.25, -0.2) is 10.2 Å². The van der Waals surface area contributed by atoms with Gasteiger partial charge in [0.2, 0.25) is 5.91 Å². The van der Waals surface area contributed by atoms with Crippen molar-refractivity contribution in [3.8, 4) is 0 Å². The lowest BCUT2D eigenvalue weighted by Crippen LogP contribution is -2.24. The molecule has 1 amide bonds. The molecular weight excluding hydrogens is 330 g/mol. The van der Waals surface area contributed by atoms with Gasteiger partial charge < -0.3 is 9.72 Å². The smallest absolute Gasteiger partial charge is 0.355 e. The molecule has 0 fully saturated rings. The molecule has 2 rings (SSSR count). The monoisotopic (exact) mass is 349 g/mol. The topological polar surface area (TPSA) is 83.6 Å². The normalized spacial score (nSPS) is 12.5. The molecule has 1 heterocycles. The molecule has 0 spiro atoms. The van der Waals surface area contributed by atoms with E-state index < -0.39 is 5.97 Å². The minimum absolute atomic E-state index is 0.131. The standard InChI is InChI=1S/C17H20ClN3O3/c1-4-10(3)16(22)21-19-9-13-12-7-6-11(18)8-14(12)20-15(13)17(23)24-5-2/h6-10,20H,4-5H2,1-3H3,(H,21,22)/b19-9+. The zero-order chi connectivity index (χ0) is 17.7. The van der Waals surface area contributed by atoms with Crippen LogP contribution in [0, 0.1) is 5.92 Å². The van der Waals surface area contributed by atoms with Crippen molar-refractivity contribution < 1.29 is 14.3 Å². The number of benzene rings is 1. The highest BCUT2D eigenvalue weighted by molar-refractivity contribution is 6.31. The number of aromatic amines is 1. The van der Waals surface area contributed by atoms with E-state index in [0.717, 1.165) is 11.8 Å². The van der Waals surface area contributed by atoms with E-state index in [1.165, 1.54) is 6.21 Å². The van der Waals surface area contributed by atoms with Gasteiger partial charge in [0.05, 0.1) is 12.8 Å². The van der Waals surface area contributed by atoms with Gasteiger partial charge in [-0.2, -0.15) is 5.10 Å². The fourth-order valence-corrected chi connectivity index (χ4v) is 2.32. The Morgan fingerprint density at radius 2 is 2.17 bits per heavy atom. The maximum atomic E-state index is 12.1. The third-order valence-electron chi connectivity index (χ3n) is 3.71. The van der Waals surface area contributed by atoms with Crippen LogP contribution in [0.25, 0.3) is 10.9 Å². The van der Waals surface area contributed by atoms with Crippen molar-refractivity contribution in [2.75, 3.05) is 6.61 Å². The molecular formula is C17H20ClN3O3. The van der Waals surface area contributed by atoms with E-state index in [4.69, 9.17) is 16.3 Å². The number of nitrogens with zero attached hydrogens (tertiary/aromatic N) is 1. The number of carbonyl (C=O) groups is 2. The minimum atomic E-state index is -0.487. The Bertz CT molecular complexity index is 783. The Balaban J connectivity index is 2.37. The van der Waals surface area contributed by atoms with E-state index in [0.29, 0.717) is 16.1 Å². The minimum Gasteiger partial charge on any atom is -0.461 e. The summed E-state index contributed by atoms with van der Waals surface area (Å²) in [6, 6.07) is 5.23. The van der Waals surface area contributed by atoms with Crippen molar-refractivity contribution in [3.05, 3.63) is 34.5 Å². The number of nitrogens with one attached hydrogen (secondary N) is 2. The summed E-state index contributed by atoms with van der Waals surface area (Å²) in [5.74, 6) is -0.790. The number of hydrogen-bond donors (Lipinski definition) is 2. The molecule has 128 valence electrons. The van der Waals surface area contributed by atoms with Crippen molar-refractivity contribution >= 4 is 40.6 Å². The second-order valence-electron chi connectivity index (χ2n) is 5.37. The summed E-state index contributed by atoms with van der Waals surface area (Å²) in [5, 5.41) is 5.29. The van der Waals surface area contributed by atoms with Gasteiger partial charge in [-0.1, -0.05) is 31.5 Å². The summed E-state index contributed by atoms with van der Waals surface area (Å²) in [5.41, 5.74) is 4.00. The van der Waals surface area contributed by atoms with Crippen molar-refractivity contribution in [1.82, 2.24) is 10.4 Å². The highest BCUT2D eigenvalue weighted by Crippen LogP contribution is 2.24. The maximum absolute atomic E-state index is 12.1. The van der Waals surface area contributed by atoms with Crippen LogP contribution < -0.4 is 5.43 Å². The van der Waals surface area contributed by atoms with Crippen LogP contribution in [0.4, 0.5) is 0 Å². The molecule has 0 radical (unpaired) electrons. The van der Waals surface area contributed by atoms with Crippen LogP contribution in [-0.2, 0) is 9.53 Å². The van der Waals surface area contributed by atoms with Crippen LogP contribution in [0.3, 0.4) is 0 Å². The van der Waals surface area contributed by atoms with Crippen LogP contribution in [0.2, 0.25) is 5.02 Å². The first-order chi connectivity index (χ1) is 11.5. The first-order valence-corrected chi connectivity index (χ1v) is 8.16. The molecule has 2 aromatic rings. The average molecular weight is 350 g/mol. The number of aromatic nitrogens is 1. The third-order valence-corrected chi connectivity index (χ3v) is 3.94. The number of fused-ring (bicyclic) bond motifs is 1. The van der Waals surface area contributed by atoms with Gasteiger partial charge in [0, 0.05) is 27.4 Å². The molecule has 7 heteroatoms. The average Bonchev–Trinajstić information content (AvgIpc) is 2.92. The fraction of sp³-hybridized carbons (Fsp3) is 0.353. The van der Waals surface area contributed by atoms with E-state index in [-0.39, 0.29) is 24.1 Å². The second kappa shape index (κ2) is 7.97. The zero-order valence-corrected chi connectivity index (χ0v) is 14.6. The van der Waals surface area contributed by atoms with Gasteiger partial charge in [0.1, 0.15) is 5.69 Å². The van der Waals surface area contributed by atoms with E-state index in [1.807, 2.05) is 13.8 Å². The van der Waals surface area contributed by atoms with Gasteiger partial charge in [0.15, 0.2) is 0 Å². The van der Waals surface area contributed by atoms with E-state index >= 15 is 0 Å². The summed E-state index contributed by atoms with van der Waals surface area (Å²) >= 11 is 5.99. The van der Waals surface area contributed by atoms with Crippen molar-refractivity contribution in [2.24, 2.45) is 11.0 Å². The predicted molar refractivity (Wildman–Crippen MR) is 94.5 cm³/mol. The second-order valence-corrected chi connectivity index (χ2v) is 5.80. The zero-order valence-electron chi connectivity index (χ0n) is 13.9. The quantitative estimate of drug-likeness (QED) is 0.475. The van der Waals surface area contributed by atoms with Gasteiger partial charge in [-0.3, -0.25) is 4.79 Å². The summed E-state index contributed by atoms with van der Waals surface area (Å²) in [6.45, 7) is 5.74. The van der Waals surface area contributed by atoms with Crippen LogP contribution in [0.1, 0.15) is 43.2 Å². The lowest BCUT2D eigenvalue weighted by molar-refractivity contribution is -0.124. The maximum Gasteiger partial charge on any atom is 0.355 e. The van der Waals surface area contributed by atoms with Crippen molar-refractivity contribution in [2.45, 2.75) is 27.2 Å². The lowest BCUT2D eigenvalue weighted by atomic mass is 10.1. The number of H-pyrrole nitrogens is 1. The molecule has 1 unspecified atom stereocenters. The first-order valence-electron chi connectivity index (χ1n) is 7.79. The molecule has 1 aromatic carbocycles. The van der Waals surface area contributed by atoms with E-state index in [9.17, 15) is 9.59 Å². The molecule has 0 aliphatic carbocycles. The van der Waals surface area contributed by atoms with Crippen LogP contribution in [-0.4, -0.2) is 29.7 Å². The Kier molecular flexibility index (Phi) is 5.98. The SMILES string of the molecule is CCOC(=O)c1[nH]c2cc(Cl)ccc2c1/C=N/NC(=O)C(C)CC. The molecule has 1 aromatic heterocycles. The Morgan fingerprint density at radius 1 is 1.42 bits per heavy atom. The summed E-state index contributed by atoms with van der Waals surface area (Å²) in [7, 11) is 0. The molecule has 2 N–H and O–H groups in total. The summed E-state index contributed by atoms with van der Waals surface area (Å²) < 4.78 is 5.06. The van der Waals surface area contributed by atoms with E-state index in [1.54, 1.807) is 25.1 Å². The van der Waals surface area contributed by atoms with Gasteiger partial charge in [0.25, 0.3) is 0 Å². The summed E-state index contributed by atoms with van der Waals surface area (Å²) in [4.78, 5) is 26.9. The lowest BCUT2D eigenvalue weighted by Gasteiger charge is -2.05. The Labute approximate surface area is 145 Å². The van der Waals surface area contributed by atoms with Gasteiger partial charge >= 0.3 is 5.97 Å². The number of esters is 1. The van der Waals surface area contributed by atoms with Crippen LogP contribution in [0.5, 0.6) is 0 Å². The van der Waals surface area contributed by atoms with Gasteiger partial charge in [-0.05, 0) is 25.5 Å². The molecule has 0 aliphatic rings. The summed E-state index contributed by atoms with van der Waals surface area (Å²) in [6.07, 6.45) is 2.17. The number of hydrazone groups is 1. The molecule has 0 aliphatic heterocycles. The fourth-order valence-electron chi connectivity index (χ4n) is 2.15. The molecule has 6 nitrogen and oxygen atoms in total. The number of halogens is 1. The van der Waals surface area contributed by atoms with Crippen LogP contribution in [0.15, 0.2) is 23.3 Å². The predicted octanol–water partition coefficient (Wildman–Crippen LogP) is 3.49. The molecule has 1 atom stereocenters. The molecule has 24 heavy (non-hydrogen) atoms. The molecule has 0 saturated heterocycles. The number of ether oxygens (including phenoxy) is 1. The number of hydrogen-bond acceptors (Lipinski definition) is 4. The Hall–Kier alpha value is -2.34. The Morgan fingerprint density at radius 3 is 2.83 bits per heavy atom. The third kappa shape index (κ3) is 3.94. The largest absolute Gasteiger partial charge is 0.461 e. The number of amides is 1. The van der Waals surface area contributed by atoms with Crippen LogP contribution >= 0.6 is 11.6 Å². The van der Waals surface area contributed by atoms with Gasteiger partial charge in [-0.15, -0.1) is 0 Å². The molecule has 0 bridgehead atoms. The van der Waals surface area contributed by atoms with Crippen molar-refractivity contribution in [1.29, 1.82) is 0 Å². The highest BCUT2D eigenvalue weighted by Gasteiger charge is 2.18. The highest BCUT2D eigenvalue weighted by atomic mass is 35.5. The number of rotatable bonds is 6. The number of carbonyl (C=O) groups excluding carboxylic acids is 2. The first kappa shape index (κ1) is 18.0. The van der Waals surface area contributed by atoms with E-state index in [2.05, 4.69) is 15.5 Å². The molecule has 0 saturated carbocycles.